The molecular formula is C13H13N5O. The van der Waals surface area contributed by atoms with Crippen LogP contribution in [-0.2, 0) is 4.79 Å². The number of rotatable bonds is 3. The van der Waals surface area contributed by atoms with Crippen molar-refractivity contribution in [3.05, 3.63) is 42.7 Å². The molecule has 0 bridgehead atoms. The van der Waals surface area contributed by atoms with Gasteiger partial charge in [-0.15, -0.1) is 0 Å². The number of fused-ring (bicyclic) bond motifs is 1. The molecule has 1 unspecified atom stereocenters. The largest absolute Gasteiger partial charge is 0.307 e. The number of aromatic nitrogens is 4. The van der Waals surface area contributed by atoms with Crippen LogP contribution in [0.1, 0.15) is 13.0 Å². The van der Waals surface area contributed by atoms with Crippen LogP contribution in [0.15, 0.2) is 42.7 Å². The summed E-state index contributed by atoms with van der Waals surface area (Å²) in [6, 6.07) is 9.05. The molecule has 2 N–H and O–H groups in total. The number of hydrogen-bond donors (Lipinski definition) is 2. The van der Waals surface area contributed by atoms with Crippen LogP contribution in [0.4, 0.5) is 5.82 Å². The molecule has 0 saturated carbocycles. The molecule has 2 heterocycles. The van der Waals surface area contributed by atoms with Crippen LogP contribution < -0.4 is 5.32 Å². The van der Waals surface area contributed by atoms with Gasteiger partial charge in [0, 0.05) is 17.8 Å². The van der Waals surface area contributed by atoms with Crippen molar-refractivity contribution in [3.8, 4) is 0 Å². The number of amides is 1. The summed E-state index contributed by atoms with van der Waals surface area (Å²) >= 11 is 0. The first kappa shape index (κ1) is 11.5. The standard InChI is InChI=1S/C13H13N5O/c1-9(18-8-4-7-14-18)13(19)15-12-10-5-2-3-6-11(10)16-17-12/h2-9H,1H3,(H2,15,16,17,19). The van der Waals surface area contributed by atoms with Crippen molar-refractivity contribution < 1.29 is 4.79 Å². The topological polar surface area (TPSA) is 75.6 Å². The first-order valence-corrected chi connectivity index (χ1v) is 5.99. The van der Waals surface area contributed by atoms with E-state index < -0.39 is 0 Å². The third-order valence-corrected chi connectivity index (χ3v) is 3.01. The Hall–Kier alpha value is -2.63. The Morgan fingerprint density at radius 3 is 3.00 bits per heavy atom. The first-order valence-electron chi connectivity index (χ1n) is 5.99. The molecule has 96 valence electrons. The van der Waals surface area contributed by atoms with Gasteiger partial charge in [0.25, 0.3) is 0 Å². The van der Waals surface area contributed by atoms with Gasteiger partial charge in [0.15, 0.2) is 5.82 Å². The zero-order chi connectivity index (χ0) is 13.2. The molecule has 0 fully saturated rings. The monoisotopic (exact) mass is 255 g/mol. The quantitative estimate of drug-likeness (QED) is 0.751. The molecule has 0 aliphatic heterocycles. The molecule has 0 saturated heterocycles. The van der Waals surface area contributed by atoms with Gasteiger partial charge in [-0.1, -0.05) is 12.1 Å². The summed E-state index contributed by atoms with van der Waals surface area (Å²) in [7, 11) is 0. The van der Waals surface area contributed by atoms with Gasteiger partial charge >= 0.3 is 0 Å². The van der Waals surface area contributed by atoms with E-state index in [1.54, 1.807) is 30.1 Å². The lowest BCUT2D eigenvalue weighted by Gasteiger charge is -2.11. The molecule has 1 amide bonds. The Bertz CT molecular complexity index is 701. The molecule has 1 atom stereocenters. The molecule has 6 heteroatoms. The summed E-state index contributed by atoms with van der Waals surface area (Å²) in [5.74, 6) is 0.389. The highest BCUT2D eigenvalue weighted by Gasteiger charge is 2.17. The van der Waals surface area contributed by atoms with Gasteiger partial charge in [0.05, 0.1) is 5.52 Å². The average molecular weight is 255 g/mol. The zero-order valence-corrected chi connectivity index (χ0v) is 10.4. The highest BCUT2D eigenvalue weighted by Crippen LogP contribution is 2.20. The Morgan fingerprint density at radius 2 is 2.21 bits per heavy atom. The van der Waals surface area contributed by atoms with E-state index in [1.807, 2.05) is 24.3 Å². The first-order chi connectivity index (χ1) is 9.25. The molecule has 0 spiro atoms. The number of benzene rings is 1. The Labute approximate surface area is 109 Å². The fraction of sp³-hybridized carbons (Fsp3) is 0.154. The maximum atomic E-state index is 12.1. The minimum absolute atomic E-state index is 0.152. The van der Waals surface area contributed by atoms with Crippen molar-refractivity contribution in [2.45, 2.75) is 13.0 Å². The Balaban J connectivity index is 1.83. The van der Waals surface area contributed by atoms with Crippen LogP contribution in [0.3, 0.4) is 0 Å². The zero-order valence-electron chi connectivity index (χ0n) is 10.4. The van der Waals surface area contributed by atoms with Crippen LogP contribution in [0, 0.1) is 0 Å². The minimum Gasteiger partial charge on any atom is -0.307 e. The third kappa shape index (κ3) is 2.08. The number of H-pyrrole nitrogens is 1. The van der Waals surface area contributed by atoms with E-state index in [-0.39, 0.29) is 11.9 Å². The second-order valence-electron chi connectivity index (χ2n) is 4.27. The lowest BCUT2D eigenvalue weighted by atomic mass is 10.2. The number of nitrogens with one attached hydrogen (secondary N) is 2. The number of carbonyl (C=O) groups is 1. The van der Waals surface area contributed by atoms with Crippen LogP contribution in [0.25, 0.3) is 10.9 Å². The summed E-state index contributed by atoms with van der Waals surface area (Å²) in [5.41, 5.74) is 0.893. The van der Waals surface area contributed by atoms with Crippen LogP contribution >= 0.6 is 0 Å². The van der Waals surface area contributed by atoms with E-state index in [4.69, 9.17) is 0 Å². The van der Waals surface area contributed by atoms with Gasteiger partial charge in [0.1, 0.15) is 6.04 Å². The van der Waals surface area contributed by atoms with E-state index in [9.17, 15) is 4.79 Å². The summed E-state index contributed by atoms with van der Waals surface area (Å²) in [5, 5.41) is 14.8. The molecule has 3 rings (SSSR count). The summed E-state index contributed by atoms with van der Waals surface area (Å²) in [4.78, 5) is 12.1. The normalized spacial score (nSPS) is 12.5. The molecule has 6 nitrogen and oxygen atoms in total. The van der Waals surface area contributed by atoms with Gasteiger partial charge < -0.3 is 5.32 Å². The number of anilines is 1. The number of nitrogens with zero attached hydrogens (tertiary/aromatic N) is 3. The van der Waals surface area contributed by atoms with Gasteiger partial charge in [-0.25, -0.2) is 0 Å². The minimum atomic E-state index is -0.384. The molecule has 3 aromatic rings. The maximum Gasteiger partial charge on any atom is 0.250 e. The van der Waals surface area contributed by atoms with Crippen LogP contribution in [-0.4, -0.2) is 25.9 Å². The van der Waals surface area contributed by atoms with Crippen molar-refractivity contribution in [2.24, 2.45) is 0 Å². The van der Waals surface area contributed by atoms with Crippen LogP contribution in [0.2, 0.25) is 0 Å². The van der Waals surface area contributed by atoms with Crippen LogP contribution in [0.5, 0.6) is 0 Å². The van der Waals surface area contributed by atoms with E-state index in [0.717, 1.165) is 10.9 Å². The van der Waals surface area contributed by atoms with Crippen molar-refractivity contribution in [1.29, 1.82) is 0 Å². The molecule has 0 aliphatic carbocycles. The van der Waals surface area contributed by atoms with Gasteiger partial charge in [0.2, 0.25) is 5.91 Å². The smallest absolute Gasteiger partial charge is 0.250 e. The fourth-order valence-electron chi connectivity index (χ4n) is 1.91. The van der Waals surface area contributed by atoms with E-state index in [1.165, 1.54) is 0 Å². The predicted octanol–water partition coefficient (Wildman–Crippen LogP) is 1.96. The van der Waals surface area contributed by atoms with Gasteiger partial charge in [-0.2, -0.15) is 10.2 Å². The number of carbonyl (C=O) groups excluding carboxylic acids is 1. The summed E-state index contributed by atoms with van der Waals surface area (Å²) in [6.07, 6.45) is 3.40. The number of para-hydroxylation sites is 1. The Morgan fingerprint density at radius 1 is 1.37 bits per heavy atom. The maximum absolute atomic E-state index is 12.1. The molecule has 19 heavy (non-hydrogen) atoms. The Kier molecular flexibility index (Phi) is 2.75. The fourth-order valence-corrected chi connectivity index (χ4v) is 1.91. The van der Waals surface area contributed by atoms with E-state index in [2.05, 4.69) is 20.6 Å². The average Bonchev–Trinajstić information content (AvgIpc) is 3.08. The van der Waals surface area contributed by atoms with Gasteiger partial charge in [-0.05, 0) is 25.1 Å². The SMILES string of the molecule is CC(C(=O)Nc1n[nH]c2ccccc12)n1cccn1. The van der Waals surface area contributed by atoms with Crippen molar-refractivity contribution >= 4 is 22.6 Å². The number of hydrogen-bond acceptors (Lipinski definition) is 3. The molecule has 1 aromatic carbocycles. The van der Waals surface area contributed by atoms with E-state index in [0.29, 0.717) is 5.82 Å². The summed E-state index contributed by atoms with van der Waals surface area (Å²) < 4.78 is 1.60. The predicted molar refractivity (Wildman–Crippen MR) is 71.7 cm³/mol. The lowest BCUT2D eigenvalue weighted by Crippen LogP contribution is -2.24. The van der Waals surface area contributed by atoms with Crippen molar-refractivity contribution in [2.75, 3.05) is 5.32 Å². The molecular weight excluding hydrogens is 242 g/mol. The summed E-state index contributed by atoms with van der Waals surface area (Å²) in [6.45, 7) is 1.79. The number of aromatic amines is 1. The molecule has 0 aliphatic rings. The van der Waals surface area contributed by atoms with Crippen molar-refractivity contribution in [1.82, 2.24) is 20.0 Å². The molecule has 2 aromatic heterocycles. The van der Waals surface area contributed by atoms with E-state index >= 15 is 0 Å². The lowest BCUT2D eigenvalue weighted by molar-refractivity contribution is -0.119. The second-order valence-corrected chi connectivity index (χ2v) is 4.27. The van der Waals surface area contributed by atoms with Crippen molar-refractivity contribution in [3.63, 3.8) is 0 Å². The van der Waals surface area contributed by atoms with Gasteiger partial charge in [-0.3, -0.25) is 14.6 Å². The molecule has 0 radical (unpaired) electrons. The highest BCUT2D eigenvalue weighted by atomic mass is 16.2. The third-order valence-electron chi connectivity index (χ3n) is 3.01. The highest BCUT2D eigenvalue weighted by molar-refractivity contribution is 6.00. The second kappa shape index (κ2) is 4.56.